The van der Waals surface area contributed by atoms with Gasteiger partial charge in [-0.05, 0) is 0 Å². The second-order valence-electron chi connectivity index (χ2n) is 4.00. The highest BCUT2D eigenvalue weighted by Gasteiger charge is 1.96. The number of hydrogen-bond acceptors (Lipinski definition) is 8. The van der Waals surface area contributed by atoms with Crippen LogP contribution in [0.15, 0.2) is 0 Å². The Balaban J connectivity index is 2.93. The Labute approximate surface area is 125 Å². The van der Waals surface area contributed by atoms with E-state index in [0.717, 1.165) is 0 Å². The van der Waals surface area contributed by atoms with Crippen molar-refractivity contribution in [2.75, 3.05) is 79.8 Å². The fourth-order valence-electron chi connectivity index (χ4n) is 1.21. The van der Waals surface area contributed by atoms with E-state index in [9.17, 15) is 0 Å². The van der Waals surface area contributed by atoms with Crippen molar-refractivity contribution in [2.45, 2.75) is 6.29 Å². The van der Waals surface area contributed by atoms with Gasteiger partial charge in [0, 0.05) is 7.11 Å². The zero-order valence-corrected chi connectivity index (χ0v) is 12.7. The lowest BCUT2D eigenvalue weighted by atomic mass is 10.6. The maximum absolute atomic E-state index is 8.51. The second-order valence-corrected chi connectivity index (χ2v) is 4.00. The van der Waals surface area contributed by atoms with Gasteiger partial charge in [-0.3, -0.25) is 0 Å². The van der Waals surface area contributed by atoms with Crippen molar-refractivity contribution in [3.05, 3.63) is 0 Å². The topological polar surface area (TPSA) is 95.8 Å². The van der Waals surface area contributed by atoms with Gasteiger partial charge in [-0.2, -0.15) is 0 Å². The van der Waals surface area contributed by atoms with E-state index in [1.807, 2.05) is 0 Å². The molecule has 0 aliphatic heterocycles. The molecule has 21 heavy (non-hydrogen) atoms. The number of aliphatic hydroxyl groups is 2. The van der Waals surface area contributed by atoms with Crippen molar-refractivity contribution in [3.8, 4) is 0 Å². The van der Waals surface area contributed by atoms with Crippen molar-refractivity contribution in [1.82, 2.24) is 0 Å². The molecule has 0 spiro atoms. The molecule has 0 atom stereocenters. The van der Waals surface area contributed by atoms with Gasteiger partial charge in [-0.25, -0.2) is 0 Å². The number of rotatable bonds is 17. The van der Waals surface area contributed by atoms with E-state index in [1.54, 1.807) is 7.11 Å². The third-order valence-electron chi connectivity index (χ3n) is 2.19. The lowest BCUT2D eigenvalue weighted by molar-refractivity contribution is -0.101. The summed E-state index contributed by atoms with van der Waals surface area (Å²) in [5.74, 6) is 0. The SMILES string of the molecule is COCCOCCOCCOCCOCCOCC(O)O. The second kappa shape index (κ2) is 17.7. The Bertz CT molecular complexity index is 191. The largest absolute Gasteiger partial charge is 0.382 e. The van der Waals surface area contributed by atoms with Gasteiger partial charge < -0.3 is 38.6 Å². The molecule has 0 aromatic rings. The van der Waals surface area contributed by atoms with E-state index in [0.29, 0.717) is 66.1 Å². The van der Waals surface area contributed by atoms with Crippen LogP contribution in [0.4, 0.5) is 0 Å². The number of aliphatic hydroxyl groups excluding tert-OH is 1. The van der Waals surface area contributed by atoms with Crippen LogP contribution in [0.25, 0.3) is 0 Å². The van der Waals surface area contributed by atoms with Gasteiger partial charge in [0.15, 0.2) is 6.29 Å². The average molecular weight is 312 g/mol. The fourth-order valence-corrected chi connectivity index (χ4v) is 1.21. The van der Waals surface area contributed by atoms with E-state index in [2.05, 4.69) is 0 Å². The van der Waals surface area contributed by atoms with Crippen molar-refractivity contribution in [2.24, 2.45) is 0 Å². The molecule has 0 amide bonds. The molecule has 8 nitrogen and oxygen atoms in total. The van der Waals surface area contributed by atoms with Crippen LogP contribution >= 0.6 is 0 Å². The van der Waals surface area contributed by atoms with Crippen molar-refractivity contribution in [1.29, 1.82) is 0 Å². The van der Waals surface area contributed by atoms with Crippen molar-refractivity contribution in [3.63, 3.8) is 0 Å². The van der Waals surface area contributed by atoms with Crippen LogP contribution in [0.3, 0.4) is 0 Å². The summed E-state index contributed by atoms with van der Waals surface area (Å²) in [5.41, 5.74) is 0. The summed E-state index contributed by atoms with van der Waals surface area (Å²) in [6, 6.07) is 0. The first-order valence-corrected chi connectivity index (χ1v) is 7.01. The Morgan fingerprint density at radius 3 is 1.24 bits per heavy atom. The summed E-state index contributed by atoms with van der Waals surface area (Å²) in [7, 11) is 1.63. The Hall–Kier alpha value is -0.320. The van der Waals surface area contributed by atoms with E-state index in [-0.39, 0.29) is 6.61 Å². The predicted molar refractivity (Wildman–Crippen MR) is 74.2 cm³/mol. The van der Waals surface area contributed by atoms with Crippen LogP contribution < -0.4 is 0 Å². The molecule has 8 heteroatoms. The first-order valence-electron chi connectivity index (χ1n) is 7.01. The zero-order valence-electron chi connectivity index (χ0n) is 12.7. The highest BCUT2D eigenvalue weighted by atomic mass is 16.6. The first-order chi connectivity index (χ1) is 10.3. The number of hydrogen-bond donors (Lipinski definition) is 2. The Morgan fingerprint density at radius 2 is 0.905 bits per heavy atom. The Morgan fingerprint density at radius 1 is 0.571 bits per heavy atom. The molecule has 0 heterocycles. The van der Waals surface area contributed by atoms with Crippen LogP contribution in [-0.4, -0.2) is 96.3 Å². The lowest BCUT2D eigenvalue weighted by Gasteiger charge is -2.08. The van der Waals surface area contributed by atoms with Crippen molar-refractivity contribution >= 4 is 0 Å². The molecule has 128 valence electrons. The van der Waals surface area contributed by atoms with Gasteiger partial charge in [-0.1, -0.05) is 0 Å². The van der Waals surface area contributed by atoms with Crippen LogP contribution in [0.2, 0.25) is 0 Å². The van der Waals surface area contributed by atoms with Gasteiger partial charge >= 0.3 is 0 Å². The summed E-state index contributed by atoms with van der Waals surface area (Å²) >= 11 is 0. The van der Waals surface area contributed by atoms with E-state index < -0.39 is 6.29 Å². The molecule has 2 N–H and O–H groups in total. The van der Waals surface area contributed by atoms with Gasteiger partial charge in [0.05, 0.1) is 72.7 Å². The molecular weight excluding hydrogens is 284 g/mol. The molecule has 0 bridgehead atoms. The molecule has 0 aromatic heterocycles. The van der Waals surface area contributed by atoms with Crippen LogP contribution in [0, 0.1) is 0 Å². The molecule has 0 aliphatic carbocycles. The summed E-state index contributed by atoms with van der Waals surface area (Å²) in [6.07, 6.45) is -1.43. The summed E-state index contributed by atoms with van der Waals surface area (Å²) in [6.45, 7) is 4.85. The highest BCUT2D eigenvalue weighted by Crippen LogP contribution is 1.84. The molecular formula is C13H28O8. The highest BCUT2D eigenvalue weighted by molar-refractivity contribution is 4.37. The maximum atomic E-state index is 8.51. The lowest BCUT2D eigenvalue weighted by Crippen LogP contribution is -2.17. The normalized spacial score (nSPS) is 11.4. The quantitative estimate of drug-likeness (QED) is 0.261. The van der Waals surface area contributed by atoms with E-state index in [4.69, 9.17) is 38.6 Å². The first kappa shape index (κ1) is 20.7. The third-order valence-corrected chi connectivity index (χ3v) is 2.19. The van der Waals surface area contributed by atoms with Gasteiger partial charge in [-0.15, -0.1) is 0 Å². The minimum absolute atomic E-state index is 0.105. The molecule has 0 aromatic carbocycles. The third kappa shape index (κ3) is 19.7. The molecule has 0 saturated carbocycles. The standard InChI is InChI=1S/C13H28O8/c1-16-2-3-17-4-5-18-6-7-19-8-9-20-10-11-21-12-13(14)15/h13-15H,2-12H2,1H3. The zero-order chi connectivity index (χ0) is 15.6. The molecule has 0 rings (SSSR count). The number of ether oxygens (including phenoxy) is 6. The molecule has 0 aliphatic rings. The minimum Gasteiger partial charge on any atom is -0.382 e. The maximum Gasteiger partial charge on any atom is 0.175 e. The minimum atomic E-state index is -1.43. The summed E-state index contributed by atoms with van der Waals surface area (Å²) in [5, 5.41) is 17.0. The van der Waals surface area contributed by atoms with Gasteiger partial charge in [0.1, 0.15) is 0 Å². The molecule has 0 unspecified atom stereocenters. The number of methoxy groups -OCH3 is 1. The van der Waals surface area contributed by atoms with Crippen LogP contribution in [0.5, 0.6) is 0 Å². The average Bonchev–Trinajstić information content (AvgIpc) is 2.46. The smallest absolute Gasteiger partial charge is 0.175 e. The molecule has 0 radical (unpaired) electrons. The van der Waals surface area contributed by atoms with Crippen LogP contribution in [-0.2, 0) is 28.4 Å². The molecule has 0 saturated heterocycles. The summed E-state index contributed by atoms with van der Waals surface area (Å²) < 4.78 is 30.8. The predicted octanol–water partition coefficient (Wildman–Crippen LogP) is -0.973. The van der Waals surface area contributed by atoms with E-state index in [1.165, 1.54) is 0 Å². The van der Waals surface area contributed by atoms with Crippen molar-refractivity contribution < 1.29 is 38.6 Å². The molecule has 0 fully saturated rings. The summed E-state index contributed by atoms with van der Waals surface area (Å²) in [4.78, 5) is 0. The fraction of sp³-hybridized carbons (Fsp3) is 1.00. The van der Waals surface area contributed by atoms with Gasteiger partial charge in [0.2, 0.25) is 0 Å². The monoisotopic (exact) mass is 312 g/mol. The van der Waals surface area contributed by atoms with Crippen LogP contribution in [0.1, 0.15) is 0 Å². The Kier molecular flexibility index (Phi) is 17.5. The van der Waals surface area contributed by atoms with Gasteiger partial charge in [0.25, 0.3) is 0 Å². The van der Waals surface area contributed by atoms with E-state index >= 15 is 0 Å².